The number of H-pyrrole nitrogens is 4. The minimum atomic E-state index is -5.29. The first kappa shape index (κ1) is 79.5. The van der Waals surface area contributed by atoms with Crippen molar-refractivity contribution >= 4 is 137 Å². The van der Waals surface area contributed by atoms with Crippen molar-refractivity contribution in [1.29, 1.82) is 0 Å². The van der Waals surface area contributed by atoms with E-state index in [2.05, 4.69) is 132 Å². The van der Waals surface area contributed by atoms with Gasteiger partial charge in [-0.3, -0.25) is 19.2 Å². The summed E-state index contributed by atoms with van der Waals surface area (Å²) in [5.41, 5.74) is -0.794. The van der Waals surface area contributed by atoms with Crippen LogP contribution >= 0.6 is 90.4 Å². The lowest BCUT2D eigenvalue weighted by molar-refractivity contribution is -0.144. The molecule has 4 amide bonds. The van der Waals surface area contributed by atoms with Crippen molar-refractivity contribution in [2.45, 2.75) is 44.5 Å². The van der Waals surface area contributed by atoms with Gasteiger partial charge in [0.2, 0.25) is 0 Å². The number of benzene rings is 8. The van der Waals surface area contributed by atoms with Gasteiger partial charge in [0.05, 0.1) is 112 Å². The van der Waals surface area contributed by atoms with Crippen molar-refractivity contribution in [3.8, 4) is 68.5 Å². The Kier molecular flexibility index (Phi) is 21.9. The molecule has 8 aromatic carbocycles. The van der Waals surface area contributed by atoms with Crippen LogP contribution in [0.15, 0.2) is 202 Å². The Balaban J connectivity index is 0.000000133. The molecule has 4 aliphatic rings. The third kappa shape index (κ3) is 16.1. The zero-order valence-electron chi connectivity index (χ0n) is 56.4. The molecular formula is C79H45F13I4N8O8. The zero-order valence-corrected chi connectivity index (χ0v) is 65.0. The fraction of sp³-hybridized carbons (Fsp3) is 0.0886. The molecule has 16 nitrogen and oxygen atoms in total. The second kappa shape index (κ2) is 30.9. The quantitative estimate of drug-likeness (QED) is 0.0481. The number of aromatic hydroxyl groups is 4. The highest BCUT2D eigenvalue weighted by molar-refractivity contribution is 14.1. The molecule has 0 atom stereocenters. The summed E-state index contributed by atoms with van der Waals surface area (Å²) < 4.78 is 177. The number of aromatic amines is 4. The van der Waals surface area contributed by atoms with Crippen molar-refractivity contribution in [3.05, 3.63) is 297 Å². The Hall–Kier alpha value is -10.6. The van der Waals surface area contributed by atoms with E-state index in [-0.39, 0.29) is 71.7 Å². The SMILES string of the molecule is CCCc1cccc(-c2[nH]c(O)c3c2C(=O)N=C3c2ccc(F)cc2)c1.O=C1N=C(c2cc(C(F)(F)F)cc(C(F)(F)F)c2)c2c(O)[nH]c(-c3cc(C(F)(F)F)cc(C(F)(F)F)c3)c21.O=C1N=C(c2ccc(I)cc2)c2c(O)[nH]c(-c3ccc(I)cc3)c21.O=C1N=C(c2cccc(I)c2)c2c(O)[nH]c(-c3cccc(I)c3)c21. The van der Waals surface area contributed by atoms with Crippen LogP contribution in [0.2, 0.25) is 0 Å². The largest absolute Gasteiger partial charge is 0.494 e. The van der Waals surface area contributed by atoms with Gasteiger partial charge in [0, 0.05) is 42.1 Å². The minimum absolute atomic E-state index is 0.0256. The van der Waals surface area contributed by atoms with E-state index in [1.54, 1.807) is 12.1 Å². The molecule has 33 heteroatoms. The average Bonchev–Trinajstić information content (AvgIpc) is 1.59. The topological polar surface area (TPSA) is 262 Å². The van der Waals surface area contributed by atoms with E-state index in [9.17, 15) is 96.7 Å². The van der Waals surface area contributed by atoms with E-state index in [4.69, 9.17) is 0 Å². The lowest BCUT2D eigenvalue weighted by atomic mass is 9.95. The van der Waals surface area contributed by atoms with E-state index in [1.807, 2.05) is 126 Å². The van der Waals surface area contributed by atoms with Crippen LogP contribution in [0, 0.1) is 20.1 Å². The number of alkyl halides is 12. The molecule has 568 valence electrons. The van der Waals surface area contributed by atoms with Gasteiger partial charge in [-0.15, -0.1) is 0 Å². The molecule has 8 N–H and O–H groups in total. The normalized spacial score (nSPS) is 13.6. The molecule has 16 rings (SSSR count). The van der Waals surface area contributed by atoms with Crippen LogP contribution in [0.1, 0.15) is 127 Å². The highest BCUT2D eigenvalue weighted by Gasteiger charge is 2.43. The molecule has 0 saturated heterocycles. The van der Waals surface area contributed by atoms with Gasteiger partial charge in [0.25, 0.3) is 23.6 Å². The molecule has 0 radical (unpaired) electrons. The van der Waals surface area contributed by atoms with Crippen molar-refractivity contribution in [3.63, 3.8) is 0 Å². The number of nitrogens with one attached hydrogen (secondary N) is 4. The number of fused-ring (bicyclic) bond motifs is 4. The lowest BCUT2D eigenvalue weighted by Gasteiger charge is -2.14. The third-order valence-electron chi connectivity index (χ3n) is 17.6. The molecular weight excluding hydrogens is 1940 g/mol. The molecule has 0 unspecified atom stereocenters. The van der Waals surface area contributed by atoms with Gasteiger partial charge in [-0.25, -0.2) is 24.4 Å². The Morgan fingerprint density at radius 3 is 0.973 bits per heavy atom. The number of halogens is 17. The first-order valence-electron chi connectivity index (χ1n) is 32.7. The van der Waals surface area contributed by atoms with Crippen LogP contribution < -0.4 is 0 Å². The van der Waals surface area contributed by atoms with Gasteiger partial charge in [-0.05, 0) is 234 Å². The predicted molar refractivity (Wildman–Crippen MR) is 422 cm³/mol. The van der Waals surface area contributed by atoms with Gasteiger partial charge in [-0.1, -0.05) is 80.1 Å². The summed E-state index contributed by atoms with van der Waals surface area (Å²) in [6.07, 6.45) is -19.2. The summed E-state index contributed by atoms with van der Waals surface area (Å²) in [6.45, 7) is 2.11. The van der Waals surface area contributed by atoms with Crippen LogP contribution in [0.25, 0.3) is 45.0 Å². The van der Waals surface area contributed by atoms with Gasteiger partial charge in [0.1, 0.15) is 5.82 Å². The molecule has 4 aromatic heterocycles. The summed E-state index contributed by atoms with van der Waals surface area (Å²) in [4.78, 5) is 76.7. The van der Waals surface area contributed by atoms with Crippen molar-refractivity contribution < 1.29 is 96.7 Å². The number of nitrogens with zero attached hydrogens (tertiary/aromatic N) is 4. The standard InChI is InChI=1S/C22H8F12N2O2.C21H17FN2O2.2C18H10I2N2O2/c23-19(24,25)9-1-7(2-10(5-9)20(26,27)28)15-13-14(18(38)35-15)16(36-17(13)37)8-3-11(21(29,30)31)6-12(4-8)22(32,33)34;1-2-4-12-5-3-6-14(11-12)19-17-16(20(25)24-19)18(23-21(17)26)13-7-9-15(22)10-8-13;19-11-5-1-9(2-6-11)15-13-14(18(24)21-15)16(22-17(13)23)10-3-7-12(20)8-4-10;19-11-5-1-3-9(7-11)15-13-14(18(24)21-15)16(22-17(13)23)10-4-2-6-12(20)8-10/h1-6,35,38H;3,5-11,24-25H,2,4H2,1H3;2*1-8,21,24H. The van der Waals surface area contributed by atoms with Crippen LogP contribution in [0.4, 0.5) is 57.1 Å². The fourth-order valence-electron chi connectivity index (χ4n) is 12.8. The first-order chi connectivity index (χ1) is 52.8. The Morgan fingerprint density at radius 2 is 0.607 bits per heavy atom. The van der Waals surface area contributed by atoms with Crippen molar-refractivity contribution in [2.24, 2.45) is 20.0 Å². The smallest absolute Gasteiger partial charge is 0.416 e. The second-order valence-electron chi connectivity index (χ2n) is 25.0. The van der Waals surface area contributed by atoms with Gasteiger partial charge < -0.3 is 40.4 Å². The molecule has 112 heavy (non-hydrogen) atoms. The highest BCUT2D eigenvalue weighted by Crippen LogP contribution is 2.47. The Bertz CT molecular complexity index is 5930. The molecule has 0 bridgehead atoms. The molecule has 12 aromatic rings. The van der Waals surface area contributed by atoms with Crippen LogP contribution in [0.5, 0.6) is 23.5 Å². The summed E-state index contributed by atoms with van der Waals surface area (Å²) in [5.74, 6) is -4.19. The Labute approximate surface area is 677 Å². The van der Waals surface area contributed by atoms with E-state index < -0.39 is 98.3 Å². The summed E-state index contributed by atoms with van der Waals surface area (Å²) in [6, 6.07) is 44.9. The van der Waals surface area contributed by atoms with Crippen molar-refractivity contribution in [1.82, 2.24) is 19.9 Å². The number of aromatic nitrogens is 4. The number of hydrogen-bond donors (Lipinski definition) is 8. The highest BCUT2D eigenvalue weighted by atomic mass is 127. The molecule has 0 fully saturated rings. The van der Waals surface area contributed by atoms with Gasteiger partial charge >= 0.3 is 24.7 Å². The molecule has 0 saturated carbocycles. The predicted octanol–water partition coefficient (Wildman–Crippen LogP) is 21.1. The van der Waals surface area contributed by atoms with E-state index in [1.165, 1.54) is 12.1 Å². The zero-order chi connectivity index (χ0) is 80.5. The van der Waals surface area contributed by atoms with E-state index in [0.717, 1.165) is 60.5 Å². The van der Waals surface area contributed by atoms with E-state index >= 15 is 0 Å². The van der Waals surface area contributed by atoms with Crippen molar-refractivity contribution in [2.75, 3.05) is 0 Å². The Morgan fingerprint density at radius 1 is 0.312 bits per heavy atom. The molecule has 4 aliphatic heterocycles. The number of aliphatic imine (C=N–C) groups is 4. The molecule has 8 heterocycles. The second-order valence-corrected chi connectivity index (χ2v) is 30.0. The number of hydrogen-bond acceptors (Lipinski definition) is 8. The number of amides is 4. The number of carbonyl (C=O) groups is 4. The number of carbonyl (C=O) groups excluding carboxylic acids is 4. The average molecular weight is 1990 g/mol. The molecule has 0 spiro atoms. The maximum atomic E-state index is 13.3. The fourth-order valence-corrected chi connectivity index (χ4v) is 14.6. The number of rotatable bonds is 10. The third-order valence-corrected chi connectivity index (χ3v) is 20.4. The van der Waals surface area contributed by atoms with Crippen LogP contribution in [-0.2, 0) is 31.1 Å². The number of aryl methyl sites for hydroxylation is 1. The summed E-state index contributed by atoms with van der Waals surface area (Å²) in [5, 5.41) is 41.5. The molecule has 0 aliphatic carbocycles. The summed E-state index contributed by atoms with van der Waals surface area (Å²) in [7, 11) is 0. The van der Waals surface area contributed by atoms with Crippen LogP contribution in [0.3, 0.4) is 0 Å². The van der Waals surface area contributed by atoms with Gasteiger partial charge in [0.15, 0.2) is 23.5 Å². The maximum Gasteiger partial charge on any atom is 0.416 e. The van der Waals surface area contributed by atoms with Crippen LogP contribution in [-0.4, -0.2) is 86.8 Å². The van der Waals surface area contributed by atoms with E-state index in [0.29, 0.717) is 73.2 Å². The maximum absolute atomic E-state index is 13.3. The monoisotopic (exact) mass is 1990 g/mol. The minimum Gasteiger partial charge on any atom is -0.494 e. The summed E-state index contributed by atoms with van der Waals surface area (Å²) >= 11 is 8.88. The first-order valence-corrected chi connectivity index (χ1v) is 37.0. The van der Waals surface area contributed by atoms with Gasteiger partial charge in [-0.2, -0.15) is 52.7 Å². The lowest BCUT2D eigenvalue weighted by Crippen LogP contribution is -2.13.